The summed E-state index contributed by atoms with van der Waals surface area (Å²) in [6.07, 6.45) is 2.43. The monoisotopic (exact) mass is 344 g/mol. The van der Waals surface area contributed by atoms with E-state index in [0.717, 1.165) is 31.3 Å². The van der Waals surface area contributed by atoms with Crippen molar-refractivity contribution in [1.82, 2.24) is 10.2 Å². The lowest BCUT2D eigenvalue weighted by molar-refractivity contribution is -0.123. The Balaban J connectivity index is 1.29. The molecule has 3 rings (SSSR count). The van der Waals surface area contributed by atoms with Gasteiger partial charge in [-0.2, -0.15) is 0 Å². The topological polar surface area (TPSA) is 41.6 Å². The molecule has 1 amide bonds. The van der Waals surface area contributed by atoms with E-state index >= 15 is 0 Å². The van der Waals surface area contributed by atoms with Crippen LogP contribution in [-0.4, -0.2) is 43.6 Å². The van der Waals surface area contributed by atoms with E-state index < -0.39 is 0 Å². The van der Waals surface area contributed by atoms with E-state index in [-0.39, 0.29) is 12.5 Å². The number of rotatable bonds is 7. The number of amides is 1. The highest BCUT2D eigenvalue weighted by Gasteiger charge is 2.20. The van der Waals surface area contributed by atoms with Crippen LogP contribution < -0.4 is 10.1 Å². The standard InChI is InChI=1S/C19H24N2O2S/c22-19(15-23-17-5-2-1-3-6-17)20-10-13-21-11-8-16(9-12-21)18-7-4-14-24-18/h1-7,14,16H,8-13,15H2,(H,20,22). The van der Waals surface area contributed by atoms with Gasteiger partial charge in [0.1, 0.15) is 5.75 Å². The summed E-state index contributed by atoms with van der Waals surface area (Å²) < 4.78 is 5.44. The van der Waals surface area contributed by atoms with Crippen LogP contribution in [-0.2, 0) is 4.79 Å². The van der Waals surface area contributed by atoms with Gasteiger partial charge >= 0.3 is 0 Å². The fraction of sp³-hybridized carbons (Fsp3) is 0.421. The highest BCUT2D eigenvalue weighted by molar-refractivity contribution is 7.10. The molecule has 1 aromatic carbocycles. The van der Waals surface area contributed by atoms with Crippen LogP contribution in [0.5, 0.6) is 5.75 Å². The minimum Gasteiger partial charge on any atom is -0.484 e. The van der Waals surface area contributed by atoms with Crippen molar-refractivity contribution < 1.29 is 9.53 Å². The molecule has 5 heteroatoms. The first-order valence-corrected chi connectivity index (χ1v) is 9.39. The van der Waals surface area contributed by atoms with Crippen LogP contribution in [0.2, 0.25) is 0 Å². The van der Waals surface area contributed by atoms with Gasteiger partial charge in [-0.3, -0.25) is 4.79 Å². The van der Waals surface area contributed by atoms with E-state index in [9.17, 15) is 4.79 Å². The average molecular weight is 344 g/mol. The Labute approximate surface area is 147 Å². The zero-order chi connectivity index (χ0) is 16.6. The normalized spacial score (nSPS) is 16.0. The first-order chi connectivity index (χ1) is 11.8. The highest BCUT2D eigenvalue weighted by Crippen LogP contribution is 2.30. The van der Waals surface area contributed by atoms with Gasteiger partial charge in [0, 0.05) is 18.0 Å². The van der Waals surface area contributed by atoms with Crippen molar-refractivity contribution in [3.8, 4) is 5.75 Å². The summed E-state index contributed by atoms with van der Waals surface area (Å²) >= 11 is 1.87. The highest BCUT2D eigenvalue weighted by atomic mass is 32.1. The fourth-order valence-electron chi connectivity index (χ4n) is 3.03. The number of likely N-dealkylation sites (tertiary alicyclic amines) is 1. The fourth-order valence-corrected chi connectivity index (χ4v) is 3.93. The molecule has 1 saturated heterocycles. The van der Waals surface area contributed by atoms with Crippen LogP contribution in [0.4, 0.5) is 0 Å². The third kappa shape index (κ3) is 5.08. The molecular formula is C19H24N2O2S. The van der Waals surface area contributed by atoms with E-state index in [4.69, 9.17) is 4.74 Å². The maximum atomic E-state index is 11.8. The van der Waals surface area contributed by atoms with E-state index in [1.807, 2.05) is 41.7 Å². The predicted molar refractivity (Wildman–Crippen MR) is 97.7 cm³/mol. The van der Waals surface area contributed by atoms with Crippen molar-refractivity contribution in [2.24, 2.45) is 0 Å². The molecule has 128 valence electrons. The lowest BCUT2D eigenvalue weighted by atomic mass is 9.95. The molecule has 0 bridgehead atoms. The van der Waals surface area contributed by atoms with Crippen LogP contribution in [0.1, 0.15) is 23.6 Å². The molecule has 1 aliphatic rings. The summed E-state index contributed by atoms with van der Waals surface area (Å²) in [6, 6.07) is 13.8. The number of nitrogens with zero attached hydrogens (tertiary/aromatic N) is 1. The average Bonchev–Trinajstić information content (AvgIpc) is 3.16. The number of hydrogen-bond donors (Lipinski definition) is 1. The quantitative estimate of drug-likeness (QED) is 0.839. The van der Waals surface area contributed by atoms with Gasteiger partial charge in [-0.05, 0) is 55.4 Å². The van der Waals surface area contributed by atoms with Crippen molar-refractivity contribution in [2.45, 2.75) is 18.8 Å². The molecule has 0 atom stereocenters. The van der Waals surface area contributed by atoms with Gasteiger partial charge in [0.15, 0.2) is 6.61 Å². The number of nitrogens with one attached hydrogen (secondary N) is 1. The summed E-state index contributed by atoms with van der Waals surface area (Å²) in [7, 11) is 0. The summed E-state index contributed by atoms with van der Waals surface area (Å²) in [5.74, 6) is 1.38. The molecule has 1 N–H and O–H groups in total. The van der Waals surface area contributed by atoms with Crippen molar-refractivity contribution in [3.05, 3.63) is 52.7 Å². The second-order valence-electron chi connectivity index (χ2n) is 6.08. The largest absolute Gasteiger partial charge is 0.484 e. The Kier molecular flexibility index (Phi) is 6.26. The van der Waals surface area contributed by atoms with E-state index in [1.165, 1.54) is 17.7 Å². The van der Waals surface area contributed by atoms with Crippen molar-refractivity contribution in [1.29, 1.82) is 0 Å². The number of carbonyl (C=O) groups excluding carboxylic acids is 1. The zero-order valence-corrected chi connectivity index (χ0v) is 14.6. The molecule has 0 saturated carbocycles. The predicted octanol–water partition coefficient (Wildman–Crippen LogP) is 3.12. The Morgan fingerprint density at radius 1 is 1.17 bits per heavy atom. The number of hydrogen-bond acceptors (Lipinski definition) is 4. The van der Waals surface area contributed by atoms with Crippen LogP contribution >= 0.6 is 11.3 Å². The molecular weight excluding hydrogens is 320 g/mol. The summed E-state index contributed by atoms with van der Waals surface area (Å²) in [5, 5.41) is 5.10. The van der Waals surface area contributed by atoms with E-state index in [1.54, 1.807) is 0 Å². The summed E-state index contributed by atoms with van der Waals surface area (Å²) in [6.45, 7) is 3.89. The van der Waals surface area contributed by atoms with E-state index in [0.29, 0.717) is 6.54 Å². The summed E-state index contributed by atoms with van der Waals surface area (Å²) in [5.41, 5.74) is 0. The Hall–Kier alpha value is -1.85. The molecule has 0 aliphatic carbocycles. The zero-order valence-electron chi connectivity index (χ0n) is 13.8. The van der Waals surface area contributed by atoms with Gasteiger partial charge in [-0.25, -0.2) is 0 Å². The van der Waals surface area contributed by atoms with Gasteiger partial charge in [0.2, 0.25) is 0 Å². The number of carbonyl (C=O) groups is 1. The van der Waals surface area contributed by atoms with Crippen molar-refractivity contribution in [2.75, 3.05) is 32.8 Å². The second-order valence-corrected chi connectivity index (χ2v) is 7.06. The molecule has 0 unspecified atom stereocenters. The first kappa shape index (κ1) is 17.0. The molecule has 1 aromatic heterocycles. The minimum atomic E-state index is -0.0627. The molecule has 2 heterocycles. The molecule has 4 nitrogen and oxygen atoms in total. The van der Waals surface area contributed by atoms with Crippen LogP contribution in [0.25, 0.3) is 0 Å². The van der Waals surface area contributed by atoms with Gasteiger partial charge in [-0.1, -0.05) is 24.3 Å². The first-order valence-electron chi connectivity index (χ1n) is 8.51. The molecule has 1 fully saturated rings. The number of thiophene rings is 1. The van der Waals surface area contributed by atoms with Gasteiger partial charge in [0.25, 0.3) is 5.91 Å². The Bertz CT molecular complexity index is 608. The third-order valence-electron chi connectivity index (χ3n) is 4.40. The lowest BCUT2D eigenvalue weighted by Gasteiger charge is -2.31. The number of ether oxygens (including phenoxy) is 1. The molecule has 24 heavy (non-hydrogen) atoms. The summed E-state index contributed by atoms with van der Waals surface area (Å²) in [4.78, 5) is 15.8. The molecule has 0 radical (unpaired) electrons. The maximum absolute atomic E-state index is 11.8. The van der Waals surface area contributed by atoms with Gasteiger partial charge in [-0.15, -0.1) is 11.3 Å². The van der Waals surface area contributed by atoms with E-state index in [2.05, 4.69) is 27.7 Å². The van der Waals surface area contributed by atoms with Gasteiger partial charge < -0.3 is 15.0 Å². The van der Waals surface area contributed by atoms with Crippen molar-refractivity contribution in [3.63, 3.8) is 0 Å². The SMILES string of the molecule is O=C(COc1ccccc1)NCCN1CCC(c2cccs2)CC1. The molecule has 1 aliphatic heterocycles. The Morgan fingerprint density at radius 2 is 1.96 bits per heavy atom. The van der Waals surface area contributed by atoms with Gasteiger partial charge in [0.05, 0.1) is 0 Å². The van der Waals surface area contributed by atoms with Crippen LogP contribution in [0.15, 0.2) is 47.8 Å². The third-order valence-corrected chi connectivity index (χ3v) is 5.43. The second kappa shape index (κ2) is 8.85. The maximum Gasteiger partial charge on any atom is 0.257 e. The van der Waals surface area contributed by atoms with Crippen molar-refractivity contribution >= 4 is 17.2 Å². The lowest BCUT2D eigenvalue weighted by Crippen LogP contribution is -2.40. The van der Waals surface area contributed by atoms with Crippen LogP contribution in [0, 0.1) is 0 Å². The minimum absolute atomic E-state index is 0.0627. The number of piperidine rings is 1. The van der Waals surface area contributed by atoms with Crippen LogP contribution in [0.3, 0.4) is 0 Å². The smallest absolute Gasteiger partial charge is 0.257 e. The number of para-hydroxylation sites is 1. The number of benzene rings is 1. The molecule has 2 aromatic rings. The molecule has 0 spiro atoms. The Morgan fingerprint density at radius 3 is 2.67 bits per heavy atom.